The molecular formula is C17H18Cl2FN. The second-order valence-electron chi connectivity index (χ2n) is 5.17. The average Bonchev–Trinajstić information content (AvgIpc) is 2.46. The maximum absolute atomic E-state index is 13.2. The lowest BCUT2D eigenvalue weighted by molar-refractivity contribution is 0.493. The van der Waals surface area contributed by atoms with Gasteiger partial charge in [-0.15, -0.1) is 0 Å². The van der Waals surface area contributed by atoms with Crippen molar-refractivity contribution in [2.45, 2.75) is 12.8 Å². The molecule has 0 aromatic heterocycles. The molecule has 0 bridgehead atoms. The molecule has 0 radical (unpaired) electrons. The van der Waals surface area contributed by atoms with Crippen LogP contribution in [0.5, 0.6) is 0 Å². The van der Waals surface area contributed by atoms with Crippen LogP contribution in [0.4, 0.5) is 4.39 Å². The van der Waals surface area contributed by atoms with E-state index in [-0.39, 0.29) is 10.8 Å². The third kappa shape index (κ3) is 4.70. The van der Waals surface area contributed by atoms with Crippen LogP contribution in [0, 0.1) is 11.7 Å². The van der Waals surface area contributed by atoms with Gasteiger partial charge in [0.1, 0.15) is 5.82 Å². The van der Waals surface area contributed by atoms with Gasteiger partial charge in [0.2, 0.25) is 0 Å². The van der Waals surface area contributed by atoms with Crippen LogP contribution in [0.2, 0.25) is 10.0 Å². The fraction of sp³-hybridized carbons (Fsp3) is 0.294. The summed E-state index contributed by atoms with van der Waals surface area (Å²) in [6.45, 7) is 0.861. The van der Waals surface area contributed by atoms with Crippen LogP contribution in [-0.2, 0) is 12.8 Å². The number of nitrogens with one attached hydrogen (secondary N) is 1. The Labute approximate surface area is 135 Å². The zero-order chi connectivity index (χ0) is 15.2. The SMILES string of the molecule is CNCC(Cc1ccc(F)c(Cl)c1)Cc1ccccc1Cl. The summed E-state index contributed by atoms with van der Waals surface area (Å²) in [4.78, 5) is 0. The predicted molar refractivity (Wildman–Crippen MR) is 87.7 cm³/mol. The molecule has 0 amide bonds. The lowest BCUT2D eigenvalue weighted by Gasteiger charge is -2.18. The van der Waals surface area contributed by atoms with Crippen LogP contribution in [0.15, 0.2) is 42.5 Å². The number of hydrogen-bond donors (Lipinski definition) is 1. The first kappa shape index (κ1) is 16.3. The molecule has 0 aliphatic carbocycles. The van der Waals surface area contributed by atoms with E-state index in [2.05, 4.69) is 5.32 Å². The highest BCUT2D eigenvalue weighted by molar-refractivity contribution is 6.31. The minimum Gasteiger partial charge on any atom is -0.319 e. The highest BCUT2D eigenvalue weighted by atomic mass is 35.5. The molecule has 1 N–H and O–H groups in total. The van der Waals surface area contributed by atoms with Crippen LogP contribution in [0.3, 0.4) is 0 Å². The van der Waals surface area contributed by atoms with E-state index in [4.69, 9.17) is 23.2 Å². The van der Waals surface area contributed by atoms with Crippen LogP contribution in [0.1, 0.15) is 11.1 Å². The Morgan fingerprint density at radius 1 is 1.05 bits per heavy atom. The molecule has 1 unspecified atom stereocenters. The first-order chi connectivity index (χ1) is 10.1. The topological polar surface area (TPSA) is 12.0 Å². The quantitative estimate of drug-likeness (QED) is 0.807. The summed E-state index contributed by atoms with van der Waals surface area (Å²) in [7, 11) is 1.93. The molecule has 112 valence electrons. The van der Waals surface area contributed by atoms with Crippen molar-refractivity contribution in [3.63, 3.8) is 0 Å². The molecule has 0 fully saturated rings. The lowest BCUT2D eigenvalue weighted by atomic mass is 9.92. The Kier molecular flexibility index (Phi) is 6.04. The Bertz CT molecular complexity index is 601. The maximum atomic E-state index is 13.2. The second-order valence-corrected chi connectivity index (χ2v) is 5.99. The van der Waals surface area contributed by atoms with Crippen molar-refractivity contribution >= 4 is 23.2 Å². The third-order valence-corrected chi connectivity index (χ3v) is 4.13. The van der Waals surface area contributed by atoms with Crippen molar-refractivity contribution < 1.29 is 4.39 Å². The maximum Gasteiger partial charge on any atom is 0.141 e. The van der Waals surface area contributed by atoms with E-state index in [1.165, 1.54) is 6.07 Å². The van der Waals surface area contributed by atoms with E-state index < -0.39 is 0 Å². The number of benzene rings is 2. The fourth-order valence-electron chi connectivity index (χ4n) is 2.48. The normalized spacial score (nSPS) is 12.4. The summed E-state index contributed by atoms with van der Waals surface area (Å²) in [6.07, 6.45) is 1.70. The van der Waals surface area contributed by atoms with Crippen molar-refractivity contribution in [1.29, 1.82) is 0 Å². The summed E-state index contributed by atoms with van der Waals surface area (Å²) < 4.78 is 13.2. The summed E-state index contributed by atoms with van der Waals surface area (Å²) in [6, 6.07) is 12.8. The average molecular weight is 326 g/mol. The molecule has 2 aromatic carbocycles. The predicted octanol–water partition coefficient (Wildman–Crippen LogP) is 4.75. The largest absolute Gasteiger partial charge is 0.319 e. The van der Waals surface area contributed by atoms with Crippen molar-refractivity contribution in [3.05, 3.63) is 69.5 Å². The number of halogens is 3. The molecule has 2 rings (SSSR count). The van der Waals surface area contributed by atoms with Gasteiger partial charge in [-0.2, -0.15) is 0 Å². The fourth-order valence-corrected chi connectivity index (χ4v) is 2.90. The molecular weight excluding hydrogens is 308 g/mol. The molecule has 0 heterocycles. The zero-order valence-electron chi connectivity index (χ0n) is 11.9. The highest BCUT2D eigenvalue weighted by Crippen LogP contribution is 2.23. The number of hydrogen-bond acceptors (Lipinski definition) is 1. The molecule has 0 spiro atoms. The van der Waals surface area contributed by atoms with Crippen molar-refractivity contribution in [3.8, 4) is 0 Å². The molecule has 21 heavy (non-hydrogen) atoms. The van der Waals surface area contributed by atoms with Crippen molar-refractivity contribution in [2.75, 3.05) is 13.6 Å². The highest BCUT2D eigenvalue weighted by Gasteiger charge is 2.13. The van der Waals surface area contributed by atoms with Crippen LogP contribution < -0.4 is 5.32 Å². The smallest absolute Gasteiger partial charge is 0.141 e. The standard InChI is InChI=1S/C17H18Cl2FN/c1-21-11-13(9-14-4-2-3-5-15(14)18)8-12-6-7-17(20)16(19)10-12/h2-7,10,13,21H,8-9,11H2,1H3. The molecule has 2 aromatic rings. The van der Waals surface area contributed by atoms with Gasteiger partial charge in [0.15, 0.2) is 0 Å². The van der Waals surface area contributed by atoms with Gasteiger partial charge in [0.25, 0.3) is 0 Å². The van der Waals surface area contributed by atoms with Gasteiger partial charge in [-0.25, -0.2) is 4.39 Å². The molecule has 1 atom stereocenters. The van der Waals surface area contributed by atoms with Crippen LogP contribution in [-0.4, -0.2) is 13.6 Å². The first-order valence-electron chi connectivity index (χ1n) is 6.92. The monoisotopic (exact) mass is 325 g/mol. The Morgan fingerprint density at radius 2 is 1.81 bits per heavy atom. The number of rotatable bonds is 6. The summed E-state index contributed by atoms with van der Waals surface area (Å²) in [5, 5.41) is 4.17. The van der Waals surface area contributed by atoms with Gasteiger partial charge in [-0.05, 0) is 61.7 Å². The van der Waals surface area contributed by atoms with Crippen molar-refractivity contribution in [1.82, 2.24) is 5.32 Å². The van der Waals surface area contributed by atoms with E-state index >= 15 is 0 Å². The molecule has 0 saturated heterocycles. The summed E-state index contributed by atoms with van der Waals surface area (Å²) >= 11 is 12.1. The first-order valence-corrected chi connectivity index (χ1v) is 7.67. The lowest BCUT2D eigenvalue weighted by Crippen LogP contribution is -2.23. The van der Waals surface area contributed by atoms with Crippen LogP contribution >= 0.6 is 23.2 Å². The van der Waals surface area contributed by atoms with Gasteiger partial charge >= 0.3 is 0 Å². The summed E-state index contributed by atoms with van der Waals surface area (Å²) in [5.41, 5.74) is 2.17. The summed E-state index contributed by atoms with van der Waals surface area (Å²) in [5.74, 6) is -0.00638. The Hall–Kier alpha value is -1.09. The van der Waals surface area contributed by atoms with E-state index in [1.54, 1.807) is 12.1 Å². The van der Waals surface area contributed by atoms with E-state index in [9.17, 15) is 4.39 Å². The second kappa shape index (κ2) is 7.79. The van der Waals surface area contributed by atoms with E-state index in [1.807, 2.05) is 31.3 Å². The zero-order valence-corrected chi connectivity index (χ0v) is 13.4. The Morgan fingerprint density at radius 3 is 2.48 bits per heavy atom. The van der Waals surface area contributed by atoms with E-state index in [0.29, 0.717) is 5.92 Å². The van der Waals surface area contributed by atoms with Crippen LogP contribution in [0.25, 0.3) is 0 Å². The minimum atomic E-state index is -0.378. The molecule has 0 saturated carbocycles. The Balaban J connectivity index is 2.11. The van der Waals surface area contributed by atoms with Gasteiger partial charge < -0.3 is 5.32 Å². The van der Waals surface area contributed by atoms with Gasteiger partial charge in [0.05, 0.1) is 5.02 Å². The van der Waals surface area contributed by atoms with Gasteiger partial charge in [-0.3, -0.25) is 0 Å². The van der Waals surface area contributed by atoms with E-state index in [0.717, 1.165) is 35.5 Å². The molecule has 1 nitrogen and oxygen atoms in total. The third-order valence-electron chi connectivity index (χ3n) is 3.47. The van der Waals surface area contributed by atoms with Crippen molar-refractivity contribution in [2.24, 2.45) is 5.92 Å². The van der Waals surface area contributed by atoms with Gasteiger partial charge in [-0.1, -0.05) is 47.5 Å². The van der Waals surface area contributed by atoms with Gasteiger partial charge in [0, 0.05) is 5.02 Å². The molecule has 4 heteroatoms. The molecule has 0 aliphatic rings. The molecule has 0 aliphatic heterocycles. The minimum absolute atomic E-state index is 0.174.